The van der Waals surface area contributed by atoms with Gasteiger partial charge in [-0.15, -0.1) is 0 Å². The minimum atomic E-state index is -0.567. The summed E-state index contributed by atoms with van der Waals surface area (Å²) >= 11 is 1.32. The van der Waals surface area contributed by atoms with Crippen molar-refractivity contribution in [1.82, 2.24) is 0 Å². The number of Topliss-reactive ketones (excluding diaryl/α,β-unsaturated/α-hetero) is 1. The van der Waals surface area contributed by atoms with Gasteiger partial charge in [-0.2, -0.15) is 0 Å². The van der Waals surface area contributed by atoms with Crippen molar-refractivity contribution < 1.29 is 19.1 Å². The Labute approximate surface area is 146 Å². The maximum Gasteiger partial charge on any atom is 0.344 e. The number of ether oxygens (including phenoxy) is 2. The third kappa shape index (κ3) is 4.64. The molecule has 0 amide bonds. The summed E-state index contributed by atoms with van der Waals surface area (Å²) in [4.78, 5) is 23.9. The molecule has 1 heterocycles. The molecule has 0 saturated carbocycles. The molecule has 0 saturated heterocycles. The minimum absolute atomic E-state index is 0.111. The number of benzene rings is 1. The summed E-state index contributed by atoms with van der Waals surface area (Å²) in [6.45, 7) is 5.77. The second-order valence-electron chi connectivity index (χ2n) is 5.20. The van der Waals surface area contributed by atoms with Crippen LogP contribution in [0, 0.1) is 0 Å². The van der Waals surface area contributed by atoms with E-state index in [2.05, 4.69) is 11.9 Å². The number of hydrogen-bond acceptors (Lipinski definition) is 6. The first-order chi connectivity index (χ1) is 11.5. The normalized spacial score (nSPS) is 13.8. The Kier molecular flexibility index (Phi) is 6.49. The molecule has 0 unspecified atom stereocenters. The SMILES string of the molecule is C=C(CCc1cccc(NC2=C(C(=O)OCC)C(=O)CS2)c1)OC. The number of anilines is 1. The second kappa shape index (κ2) is 8.59. The lowest BCUT2D eigenvalue weighted by Crippen LogP contribution is -2.16. The number of ketones is 1. The standard InChI is InChI=1S/C18H21NO4S/c1-4-23-18(21)16-15(20)11-24-17(16)19-14-7-5-6-13(10-14)9-8-12(2)22-3/h5-7,10,19H,2,4,8-9,11H2,1,3H3. The number of methoxy groups -OCH3 is 1. The van der Waals surface area contributed by atoms with E-state index in [1.165, 1.54) is 11.8 Å². The zero-order valence-corrected chi connectivity index (χ0v) is 14.7. The zero-order chi connectivity index (χ0) is 17.5. The Morgan fingerprint density at radius 1 is 1.42 bits per heavy atom. The predicted molar refractivity (Wildman–Crippen MR) is 95.7 cm³/mol. The molecule has 1 aromatic carbocycles. The van der Waals surface area contributed by atoms with Gasteiger partial charge in [-0.25, -0.2) is 4.79 Å². The molecule has 0 radical (unpaired) electrons. The van der Waals surface area contributed by atoms with E-state index in [-0.39, 0.29) is 23.7 Å². The van der Waals surface area contributed by atoms with Gasteiger partial charge in [-0.1, -0.05) is 30.5 Å². The fraction of sp³-hybridized carbons (Fsp3) is 0.333. The van der Waals surface area contributed by atoms with Crippen molar-refractivity contribution in [2.75, 3.05) is 24.8 Å². The average Bonchev–Trinajstić information content (AvgIpc) is 2.93. The molecule has 1 aromatic rings. The van der Waals surface area contributed by atoms with Crippen molar-refractivity contribution in [1.29, 1.82) is 0 Å². The van der Waals surface area contributed by atoms with Crippen molar-refractivity contribution in [2.24, 2.45) is 0 Å². The lowest BCUT2D eigenvalue weighted by molar-refractivity contribution is -0.139. The van der Waals surface area contributed by atoms with Gasteiger partial charge in [0.2, 0.25) is 0 Å². The fourth-order valence-corrected chi connectivity index (χ4v) is 3.19. The summed E-state index contributed by atoms with van der Waals surface area (Å²) in [6.07, 6.45) is 1.54. The average molecular weight is 347 g/mol. The monoisotopic (exact) mass is 347 g/mol. The van der Waals surface area contributed by atoms with Crippen molar-refractivity contribution in [3.8, 4) is 0 Å². The highest BCUT2D eigenvalue weighted by Crippen LogP contribution is 2.31. The molecule has 0 spiro atoms. The van der Waals surface area contributed by atoms with E-state index in [0.29, 0.717) is 5.03 Å². The van der Waals surface area contributed by atoms with Crippen LogP contribution in [0.15, 0.2) is 47.2 Å². The predicted octanol–water partition coefficient (Wildman–Crippen LogP) is 3.28. The number of carbonyl (C=O) groups is 2. The highest BCUT2D eigenvalue weighted by molar-refractivity contribution is 8.04. The van der Waals surface area contributed by atoms with Gasteiger partial charge >= 0.3 is 5.97 Å². The zero-order valence-electron chi connectivity index (χ0n) is 13.9. The maximum atomic E-state index is 12.0. The molecule has 0 aliphatic carbocycles. The van der Waals surface area contributed by atoms with Crippen molar-refractivity contribution >= 4 is 29.2 Å². The van der Waals surface area contributed by atoms with Crippen molar-refractivity contribution in [2.45, 2.75) is 19.8 Å². The van der Waals surface area contributed by atoms with Crippen LogP contribution in [-0.4, -0.2) is 31.2 Å². The molecule has 1 aliphatic rings. The Hall–Kier alpha value is -2.21. The Morgan fingerprint density at radius 3 is 2.92 bits per heavy atom. The van der Waals surface area contributed by atoms with Crippen molar-refractivity contribution in [3.05, 3.63) is 52.8 Å². The molecular weight excluding hydrogens is 326 g/mol. The number of allylic oxidation sites excluding steroid dienone is 1. The highest BCUT2D eigenvalue weighted by atomic mass is 32.2. The van der Waals surface area contributed by atoms with Crippen LogP contribution in [0.5, 0.6) is 0 Å². The first-order valence-electron chi connectivity index (χ1n) is 7.70. The van der Waals surface area contributed by atoms with Crippen LogP contribution >= 0.6 is 11.8 Å². The molecule has 0 bridgehead atoms. The van der Waals surface area contributed by atoms with Crippen LogP contribution in [0.25, 0.3) is 0 Å². The van der Waals surface area contributed by atoms with Crippen LogP contribution < -0.4 is 5.32 Å². The Morgan fingerprint density at radius 2 is 2.21 bits per heavy atom. The number of aryl methyl sites for hydroxylation is 1. The maximum absolute atomic E-state index is 12.0. The van der Waals surface area contributed by atoms with Gasteiger partial charge in [0.15, 0.2) is 5.78 Å². The van der Waals surface area contributed by atoms with E-state index in [0.717, 1.165) is 29.9 Å². The summed E-state index contributed by atoms with van der Waals surface area (Å²) < 4.78 is 10.0. The minimum Gasteiger partial charge on any atom is -0.502 e. The molecule has 5 nitrogen and oxygen atoms in total. The number of thioether (sulfide) groups is 1. The van der Waals surface area contributed by atoms with Crippen LogP contribution in [0.4, 0.5) is 5.69 Å². The van der Waals surface area contributed by atoms with E-state index in [1.807, 2.05) is 24.3 Å². The number of nitrogens with one attached hydrogen (secondary N) is 1. The van der Waals surface area contributed by atoms with Gasteiger partial charge < -0.3 is 14.8 Å². The molecule has 6 heteroatoms. The first-order valence-corrected chi connectivity index (χ1v) is 8.68. The summed E-state index contributed by atoms with van der Waals surface area (Å²) in [7, 11) is 1.61. The van der Waals surface area contributed by atoms with E-state index in [1.54, 1.807) is 14.0 Å². The van der Waals surface area contributed by atoms with Gasteiger partial charge in [0.25, 0.3) is 0 Å². The Balaban J connectivity index is 2.13. The van der Waals surface area contributed by atoms with Gasteiger partial charge in [-0.05, 0) is 31.0 Å². The van der Waals surface area contributed by atoms with Gasteiger partial charge in [-0.3, -0.25) is 4.79 Å². The molecule has 128 valence electrons. The topological polar surface area (TPSA) is 64.6 Å². The fourth-order valence-electron chi connectivity index (χ4n) is 2.24. The van der Waals surface area contributed by atoms with Gasteiger partial charge in [0.1, 0.15) is 5.57 Å². The molecular formula is C18H21NO4S. The molecule has 0 aromatic heterocycles. The molecule has 24 heavy (non-hydrogen) atoms. The number of carbonyl (C=O) groups excluding carboxylic acids is 2. The summed E-state index contributed by atoms with van der Waals surface area (Å²) in [6, 6.07) is 7.83. The highest BCUT2D eigenvalue weighted by Gasteiger charge is 2.30. The summed E-state index contributed by atoms with van der Waals surface area (Å²) in [5, 5.41) is 3.72. The second-order valence-corrected chi connectivity index (χ2v) is 6.19. The molecule has 0 fully saturated rings. The van der Waals surface area contributed by atoms with Gasteiger partial charge in [0, 0.05) is 12.1 Å². The van der Waals surface area contributed by atoms with Crippen LogP contribution in [-0.2, 0) is 25.5 Å². The van der Waals surface area contributed by atoms with E-state index < -0.39 is 5.97 Å². The van der Waals surface area contributed by atoms with Crippen molar-refractivity contribution in [3.63, 3.8) is 0 Å². The van der Waals surface area contributed by atoms with E-state index >= 15 is 0 Å². The van der Waals surface area contributed by atoms with Crippen LogP contribution in [0.2, 0.25) is 0 Å². The lowest BCUT2D eigenvalue weighted by Gasteiger charge is -2.10. The first kappa shape index (κ1) is 18.1. The largest absolute Gasteiger partial charge is 0.502 e. The summed E-state index contributed by atoms with van der Waals surface area (Å²) in [5.74, 6) is 0.220. The number of hydrogen-bond donors (Lipinski definition) is 1. The summed E-state index contributed by atoms with van der Waals surface area (Å²) in [5.41, 5.74) is 2.06. The molecule has 1 aliphatic heterocycles. The third-order valence-electron chi connectivity index (χ3n) is 3.50. The van der Waals surface area contributed by atoms with Crippen LogP contribution in [0.3, 0.4) is 0 Å². The number of rotatable bonds is 8. The third-order valence-corrected chi connectivity index (χ3v) is 4.50. The smallest absolute Gasteiger partial charge is 0.344 e. The number of esters is 1. The van der Waals surface area contributed by atoms with E-state index in [9.17, 15) is 9.59 Å². The lowest BCUT2D eigenvalue weighted by atomic mass is 10.1. The molecule has 1 N–H and O–H groups in total. The van der Waals surface area contributed by atoms with Gasteiger partial charge in [0.05, 0.1) is 30.3 Å². The molecule has 0 atom stereocenters. The Bertz CT molecular complexity index is 681. The van der Waals surface area contributed by atoms with E-state index in [4.69, 9.17) is 9.47 Å². The van der Waals surface area contributed by atoms with Crippen LogP contribution in [0.1, 0.15) is 18.9 Å². The quantitative estimate of drug-likeness (QED) is 0.442. The molecule has 2 rings (SSSR count).